The van der Waals surface area contributed by atoms with Crippen LogP contribution in [0, 0.1) is 12.8 Å². The third-order valence-corrected chi connectivity index (χ3v) is 6.31. The lowest BCUT2D eigenvalue weighted by Gasteiger charge is -2.35. The van der Waals surface area contributed by atoms with Gasteiger partial charge in [0.05, 0.1) is 6.54 Å². The van der Waals surface area contributed by atoms with Gasteiger partial charge < -0.3 is 4.42 Å². The molecule has 132 valence electrons. The number of aryl methyl sites for hydroxylation is 1. The average molecular weight is 338 g/mol. The molecule has 0 N–H and O–H groups in total. The second-order valence-corrected chi connectivity index (χ2v) is 8.03. The van der Waals surface area contributed by atoms with E-state index >= 15 is 0 Å². The van der Waals surface area contributed by atoms with E-state index in [0.717, 1.165) is 18.4 Å². The van der Waals surface area contributed by atoms with Crippen LogP contribution in [0.4, 0.5) is 0 Å². The molecule has 25 heavy (non-hydrogen) atoms. The molecule has 3 aliphatic heterocycles. The number of aromatic nitrogens is 2. The summed E-state index contributed by atoms with van der Waals surface area (Å²) < 4.78 is 5.63. The average Bonchev–Trinajstić information content (AvgIpc) is 3.11. The molecule has 5 nitrogen and oxygen atoms in total. The summed E-state index contributed by atoms with van der Waals surface area (Å²) in [7, 11) is 0. The quantitative estimate of drug-likeness (QED) is 0.860. The molecule has 5 heteroatoms. The largest absolute Gasteiger partial charge is 0.424 e. The third kappa shape index (κ3) is 3.00. The molecule has 2 bridgehead atoms. The summed E-state index contributed by atoms with van der Waals surface area (Å²) in [5, 5.41) is 8.19. The Morgan fingerprint density at radius 3 is 2.52 bits per heavy atom. The van der Waals surface area contributed by atoms with Gasteiger partial charge in [0.1, 0.15) is 0 Å². The topological polar surface area (TPSA) is 45.4 Å². The van der Waals surface area contributed by atoms with E-state index in [4.69, 9.17) is 4.42 Å². The normalized spacial score (nSPS) is 27.6. The second-order valence-electron chi connectivity index (χ2n) is 8.03. The van der Waals surface area contributed by atoms with Gasteiger partial charge >= 0.3 is 0 Å². The van der Waals surface area contributed by atoms with Crippen molar-refractivity contribution in [2.75, 3.05) is 19.6 Å². The van der Waals surface area contributed by atoms with Gasteiger partial charge in [0.15, 0.2) is 0 Å². The minimum absolute atomic E-state index is 0.620. The molecule has 0 amide bonds. The van der Waals surface area contributed by atoms with E-state index in [2.05, 4.69) is 44.3 Å². The SMILES string of the molecule is Cc1nnc(CN2C[C@@H]3CC[C@H]2CN(C2Cc4ccccc4C2)C3)o1. The fourth-order valence-electron chi connectivity index (χ4n) is 5.08. The predicted octanol–water partition coefficient (Wildman–Crippen LogP) is 2.44. The van der Waals surface area contributed by atoms with Crippen molar-refractivity contribution in [2.45, 2.75) is 51.2 Å². The van der Waals surface area contributed by atoms with E-state index in [1.54, 1.807) is 11.1 Å². The summed E-state index contributed by atoms with van der Waals surface area (Å²) >= 11 is 0. The summed E-state index contributed by atoms with van der Waals surface area (Å²) in [4.78, 5) is 5.37. The van der Waals surface area contributed by atoms with Crippen LogP contribution in [0.1, 0.15) is 35.7 Å². The van der Waals surface area contributed by atoms with Crippen molar-refractivity contribution in [1.82, 2.24) is 20.0 Å². The molecule has 4 heterocycles. The summed E-state index contributed by atoms with van der Waals surface area (Å²) in [5.41, 5.74) is 3.12. The molecule has 0 unspecified atom stereocenters. The maximum absolute atomic E-state index is 5.63. The summed E-state index contributed by atoms with van der Waals surface area (Å²) in [5.74, 6) is 2.21. The first kappa shape index (κ1) is 15.5. The van der Waals surface area contributed by atoms with Gasteiger partial charge in [-0.1, -0.05) is 24.3 Å². The van der Waals surface area contributed by atoms with Gasteiger partial charge in [-0.05, 0) is 42.7 Å². The van der Waals surface area contributed by atoms with E-state index < -0.39 is 0 Å². The molecule has 3 fully saturated rings. The molecular weight excluding hydrogens is 312 g/mol. The van der Waals surface area contributed by atoms with Crippen LogP contribution in [-0.2, 0) is 19.4 Å². The third-order valence-electron chi connectivity index (χ3n) is 6.31. The Kier molecular flexibility index (Phi) is 3.86. The van der Waals surface area contributed by atoms with Crippen LogP contribution in [0.15, 0.2) is 28.7 Å². The molecule has 6 rings (SSSR count). The zero-order valence-electron chi connectivity index (χ0n) is 14.9. The zero-order valence-corrected chi connectivity index (χ0v) is 14.9. The number of hydrogen-bond acceptors (Lipinski definition) is 5. The van der Waals surface area contributed by atoms with Gasteiger partial charge in [-0.15, -0.1) is 10.2 Å². The Labute approximate surface area is 149 Å². The highest BCUT2D eigenvalue weighted by atomic mass is 16.4. The van der Waals surface area contributed by atoms with Gasteiger partial charge in [-0.2, -0.15) is 0 Å². The Bertz CT molecular complexity index is 733. The molecule has 1 aliphatic carbocycles. The lowest BCUT2D eigenvalue weighted by atomic mass is 9.95. The van der Waals surface area contributed by atoms with Crippen LogP contribution in [0.3, 0.4) is 0 Å². The molecular formula is C20H26N4O. The van der Waals surface area contributed by atoms with Crippen LogP contribution in [0.25, 0.3) is 0 Å². The fraction of sp³-hybridized carbons (Fsp3) is 0.600. The smallest absolute Gasteiger partial charge is 0.230 e. The minimum atomic E-state index is 0.620. The second kappa shape index (κ2) is 6.22. The standard InChI is InChI=1S/C20H26N4O/c1-14-21-22-20(25-14)13-24-11-15-6-7-18(24)12-23(10-15)19-8-16-4-2-3-5-17(16)9-19/h2-5,15,18-19H,6-13H2,1H3/t15-,18+/m1/s1. The number of hydrogen-bond donors (Lipinski definition) is 0. The number of rotatable bonds is 3. The van der Waals surface area contributed by atoms with Crippen molar-refractivity contribution in [3.63, 3.8) is 0 Å². The zero-order chi connectivity index (χ0) is 16.8. The van der Waals surface area contributed by atoms with Gasteiger partial charge in [-0.25, -0.2) is 0 Å². The summed E-state index contributed by atoms with van der Waals surface area (Å²) in [6, 6.07) is 10.3. The first-order valence-electron chi connectivity index (χ1n) is 9.58. The van der Waals surface area contributed by atoms with E-state index in [9.17, 15) is 0 Å². The predicted molar refractivity (Wildman–Crippen MR) is 95.2 cm³/mol. The monoisotopic (exact) mass is 338 g/mol. The van der Waals surface area contributed by atoms with Crippen molar-refractivity contribution in [3.8, 4) is 0 Å². The molecule has 0 saturated carbocycles. The Morgan fingerprint density at radius 1 is 1.00 bits per heavy atom. The van der Waals surface area contributed by atoms with Gasteiger partial charge in [-0.3, -0.25) is 9.80 Å². The van der Waals surface area contributed by atoms with Crippen molar-refractivity contribution >= 4 is 0 Å². The molecule has 1 aromatic carbocycles. The maximum atomic E-state index is 5.63. The number of nitrogens with zero attached hydrogens (tertiary/aromatic N) is 4. The van der Waals surface area contributed by atoms with Crippen LogP contribution in [-0.4, -0.2) is 51.7 Å². The lowest BCUT2D eigenvalue weighted by molar-refractivity contribution is 0.109. The van der Waals surface area contributed by atoms with Gasteiger partial charge in [0.2, 0.25) is 11.8 Å². The number of benzene rings is 1. The number of fused-ring (bicyclic) bond motifs is 5. The molecule has 1 aromatic heterocycles. The highest BCUT2D eigenvalue weighted by molar-refractivity contribution is 5.33. The van der Waals surface area contributed by atoms with Crippen LogP contribution in [0.5, 0.6) is 0 Å². The van der Waals surface area contributed by atoms with Crippen molar-refractivity contribution in [1.29, 1.82) is 0 Å². The highest BCUT2D eigenvalue weighted by Crippen LogP contribution is 2.33. The van der Waals surface area contributed by atoms with Crippen molar-refractivity contribution in [2.24, 2.45) is 5.92 Å². The Morgan fingerprint density at radius 2 is 1.80 bits per heavy atom. The van der Waals surface area contributed by atoms with Crippen LogP contribution >= 0.6 is 0 Å². The lowest BCUT2D eigenvalue weighted by Crippen LogP contribution is -2.44. The number of piperidine rings is 1. The van der Waals surface area contributed by atoms with Gasteiger partial charge in [0.25, 0.3) is 0 Å². The minimum Gasteiger partial charge on any atom is -0.424 e. The van der Waals surface area contributed by atoms with Crippen LogP contribution < -0.4 is 0 Å². The molecule has 2 atom stereocenters. The van der Waals surface area contributed by atoms with E-state index in [1.807, 2.05) is 6.92 Å². The molecule has 2 aromatic rings. The fourth-order valence-corrected chi connectivity index (χ4v) is 5.08. The highest BCUT2D eigenvalue weighted by Gasteiger charge is 2.38. The van der Waals surface area contributed by atoms with Crippen LogP contribution in [0.2, 0.25) is 0 Å². The van der Waals surface area contributed by atoms with E-state index in [-0.39, 0.29) is 0 Å². The van der Waals surface area contributed by atoms with E-state index in [0.29, 0.717) is 18.0 Å². The summed E-state index contributed by atoms with van der Waals surface area (Å²) in [6.07, 6.45) is 5.10. The van der Waals surface area contributed by atoms with Gasteiger partial charge in [0, 0.05) is 38.6 Å². The van der Waals surface area contributed by atoms with Crippen molar-refractivity contribution in [3.05, 3.63) is 47.2 Å². The first-order chi connectivity index (χ1) is 12.2. The van der Waals surface area contributed by atoms with E-state index in [1.165, 1.54) is 45.3 Å². The molecule has 4 aliphatic rings. The Balaban J connectivity index is 1.30. The molecule has 0 spiro atoms. The molecule has 0 radical (unpaired) electrons. The Hall–Kier alpha value is -1.72. The maximum Gasteiger partial charge on any atom is 0.230 e. The first-order valence-corrected chi connectivity index (χ1v) is 9.58. The summed E-state index contributed by atoms with van der Waals surface area (Å²) in [6.45, 7) is 6.27. The molecule has 3 saturated heterocycles. The van der Waals surface area contributed by atoms with Crippen molar-refractivity contribution < 1.29 is 4.42 Å².